The first-order chi connectivity index (χ1) is 16.8. The standard InChI is InChI=1S/C32H46S2Si2/c1-21(2)35(22(3)4,23(5)6)17-14-28-29-20-31-27(13-16-33-31)19-32(29)34-30(28)15-18-36(24(7)8,25(9)10)26(11)12/h13,16,19-26H,1-12H3. The van der Waals surface area contributed by atoms with Gasteiger partial charge in [-0.05, 0) is 62.2 Å². The van der Waals surface area contributed by atoms with Crippen LogP contribution in [0.4, 0.5) is 0 Å². The van der Waals surface area contributed by atoms with Crippen LogP contribution in [0, 0.1) is 22.9 Å². The highest BCUT2D eigenvalue weighted by atomic mass is 32.1. The summed E-state index contributed by atoms with van der Waals surface area (Å²) in [5, 5.41) is 4.83. The van der Waals surface area contributed by atoms with Crippen LogP contribution in [0.3, 0.4) is 0 Å². The topological polar surface area (TPSA) is 0 Å². The van der Waals surface area contributed by atoms with Crippen molar-refractivity contribution in [3.8, 4) is 22.9 Å². The summed E-state index contributed by atoms with van der Waals surface area (Å²) in [6.45, 7) is 28.8. The summed E-state index contributed by atoms with van der Waals surface area (Å²) in [7, 11) is -3.66. The molecule has 0 nitrogen and oxygen atoms in total. The lowest BCUT2D eigenvalue weighted by molar-refractivity contribution is 0.838. The molecule has 0 saturated heterocycles. The van der Waals surface area contributed by atoms with Gasteiger partial charge in [-0.1, -0.05) is 94.9 Å². The van der Waals surface area contributed by atoms with E-state index in [1.165, 1.54) is 30.6 Å². The third-order valence-electron chi connectivity index (χ3n) is 8.79. The monoisotopic (exact) mass is 550 g/mol. The van der Waals surface area contributed by atoms with Gasteiger partial charge >= 0.3 is 0 Å². The molecule has 0 radical (unpaired) electrons. The van der Waals surface area contributed by atoms with E-state index < -0.39 is 16.1 Å². The molecule has 0 spiro atoms. The lowest BCUT2D eigenvalue weighted by Gasteiger charge is -2.38. The van der Waals surface area contributed by atoms with Crippen molar-refractivity contribution in [1.29, 1.82) is 0 Å². The fourth-order valence-corrected chi connectivity index (χ4v) is 19.3. The van der Waals surface area contributed by atoms with Crippen LogP contribution in [0.15, 0.2) is 23.6 Å². The average Bonchev–Trinajstić information content (AvgIpc) is 3.35. The molecule has 0 aliphatic heterocycles. The first-order valence-corrected chi connectivity index (χ1v) is 19.9. The Hall–Kier alpha value is -1.31. The highest BCUT2D eigenvalue weighted by Gasteiger charge is 2.43. The van der Waals surface area contributed by atoms with Crippen molar-refractivity contribution in [2.75, 3.05) is 0 Å². The first kappa shape index (κ1) is 29.3. The summed E-state index contributed by atoms with van der Waals surface area (Å²) in [6, 6.07) is 6.97. The largest absolute Gasteiger partial charge is 0.146 e. The summed E-state index contributed by atoms with van der Waals surface area (Å²) in [4.78, 5) is 1.19. The molecular formula is C32H46S2Si2. The van der Waals surface area contributed by atoms with Gasteiger partial charge in [-0.2, -0.15) is 0 Å². The second-order valence-corrected chi connectivity index (χ2v) is 25.6. The number of thiophene rings is 2. The van der Waals surface area contributed by atoms with Gasteiger partial charge in [0.05, 0.1) is 10.4 Å². The van der Waals surface area contributed by atoms with Crippen LogP contribution in [-0.2, 0) is 0 Å². The Morgan fingerprint density at radius 1 is 0.611 bits per heavy atom. The van der Waals surface area contributed by atoms with Crippen LogP contribution in [0.5, 0.6) is 0 Å². The Bertz CT molecular complexity index is 1280. The van der Waals surface area contributed by atoms with Crippen molar-refractivity contribution in [2.24, 2.45) is 0 Å². The highest BCUT2D eigenvalue weighted by molar-refractivity contribution is 7.20. The van der Waals surface area contributed by atoms with Crippen molar-refractivity contribution in [1.82, 2.24) is 0 Å². The second-order valence-electron chi connectivity index (χ2n) is 12.4. The first-order valence-electron chi connectivity index (χ1n) is 13.8. The summed E-state index contributed by atoms with van der Waals surface area (Å²) in [5.41, 5.74) is 12.9. The van der Waals surface area contributed by atoms with E-state index in [0.29, 0.717) is 33.2 Å². The van der Waals surface area contributed by atoms with Crippen LogP contribution < -0.4 is 0 Å². The number of hydrogen-bond donors (Lipinski definition) is 0. The molecule has 194 valence electrons. The van der Waals surface area contributed by atoms with E-state index in [-0.39, 0.29) is 0 Å². The molecule has 36 heavy (non-hydrogen) atoms. The van der Waals surface area contributed by atoms with Gasteiger partial charge in [-0.3, -0.25) is 0 Å². The van der Waals surface area contributed by atoms with Gasteiger partial charge in [0.2, 0.25) is 0 Å². The molecule has 0 bridgehead atoms. The van der Waals surface area contributed by atoms with Crippen molar-refractivity contribution in [3.05, 3.63) is 34.0 Å². The molecule has 0 atom stereocenters. The third-order valence-corrected chi connectivity index (χ3v) is 23.3. The Morgan fingerprint density at radius 2 is 1.08 bits per heavy atom. The molecule has 4 heteroatoms. The summed E-state index contributed by atoms with van der Waals surface area (Å²) < 4.78 is 2.67. The Morgan fingerprint density at radius 3 is 1.56 bits per heavy atom. The van der Waals surface area contributed by atoms with Crippen molar-refractivity contribution in [2.45, 2.75) is 116 Å². The van der Waals surface area contributed by atoms with Crippen LogP contribution in [0.1, 0.15) is 93.5 Å². The Kier molecular flexibility index (Phi) is 9.10. The SMILES string of the molecule is CC(C)[Si](C#Cc1sc2cc3ccsc3cc2c1C#C[Si](C(C)C)(C(C)C)C(C)C)(C(C)C)C(C)C. The Labute approximate surface area is 231 Å². The molecule has 0 fully saturated rings. The maximum absolute atomic E-state index is 4.02. The van der Waals surface area contributed by atoms with Crippen LogP contribution in [0.25, 0.3) is 20.2 Å². The van der Waals surface area contributed by atoms with E-state index in [1.807, 2.05) is 22.7 Å². The van der Waals surface area contributed by atoms with Crippen molar-refractivity contribution >= 4 is 59.0 Å². The van der Waals surface area contributed by atoms with Gasteiger partial charge in [-0.25, -0.2) is 0 Å². The van der Waals surface area contributed by atoms with Gasteiger partial charge in [0.25, 0.3) is 0 Å². The van der Waals surface area contributed by atoms with E-state index in [4.69, 9.17) is 0 Å². The molecule has 3 rings (SSSR count). The van der Waals surface area contributed by atoms with Gasteiger partial charge in [0.1, 0.15) is 16.1 Å². The minimum absolute atomic E-state index is 0.622. The molecule has 2 aromatic heterocycles. The van der Waals surface area contributed by atoms with E-state index >= 15 is 0 Å². The molecule has 0 aliphatic carbocycles. The van der Waals surface area contributed by atoms with E-state index in [2.05, 4.69) is 130 Å². The molecular weight excluding hydrogens is 505 g/mol. The normalized spacial score (nSPS) is 12.9. The summed E-state index contributed by atoms with van der Waals surface area (Å²) in [6.07, 6.45) is 0. The minimum atomic E-state index is -1.84. The predicted octanol–water partition coefficient (Wildman–Crippen LogP) is 11.3. The zero-order valence-corrected chi connectivity index (χ0v) is 28.2. The zero-order chi connectivity index (χ0) is 27.0. The van der Waals surface area contributed by atoms with Gasteiger partial charge in [0, 0.05) is 14.8 Å². The molecule has 0 aliphatic rings. The van der Waals surface area contributed by atoms with E-state index in [0.717, 1.165) is 0 Å². The third kappa shape index (κ3) is 5.04. The minimum Gasteiger partial charge on any atom is -0.144 e. The molecule has 0 saturated carbocycles. The fraction of sp³-hybridized carbons (Fsp3) is 0.562. The van der Waals surface area contributed by atoms with Crippen molar-refractivity contribution in [3.63, 3.8) is 0 Å². The summed E-state index contributed by atoms with van der Waals surface area (Å²) >= 11 is 3.68. The summed E-state index contributed by atoms with van der Waals surface area (Å²) in [5.74, 6) is 7.65. The molecule has 0 N–H and O–H groups in total. The van der Waals surface area contributed by atoms with Gasteiger partial charge < -0.3 is 0 Å². The number of rotatable bonds is 6. The Balaban J connectivity index is 2.35. The maximum atomic E-state index is 4.02. The van der Waals surface area contributed by atoms with E-state index in [9.17, 15) is 0 Å². The second kappa shape index (κ2) is 11.2. The molecule has 3 aromatic rings. The number of fused-ring (bicyclic) bond motifs is 2. The van der Waals surface area contributed by atoms with Crippen LogP contribution >= 0.6 is 22.7 Å². The zero-order valence-electron chi connectivity index (χ0n) is 24.6. The van der Waals surface area contributed by atoms with Gasteiger partial charge in [-0.15, -0.1) is 33.8 Å². The number of hydrogen-bond acceptors (Lipinski definition) is 2. The predicted molar refractivity (Wildman–Crippen MR) is 173 cm³/mol. The highest BCUT2D eigenvalue weighted by Crippen LogP contribution is 2.43. The van der Waals surface area contributed by atoms with E-state index in [1.54, 1.807) is 0 Å². The lowest BCUT2D eigenvalue weighted by Crippen LogP contribution is -2.43. The molecule has 1 aromatic carbocycles. The van der Waals surface area contributed by atoms with Gasteiger partial charge in [0.15, 0.2) is 0 Å². The average molecular weight is 551 g/mol. The molecule has 0 unspecified atom stereocenters. The maximum Gasteiger partial charge on any atom is 0.146 e. The van der Waals surface area contributed by atoms with Crippen LogP contribution in [0.2, 0.25) is 33.2 Å². The molecule has 2 heterocycles. The van der Waals surface area contributed by atoms with Crippen LogP contribution in [-0.4, -0.2) is 16.1 Å². The van der Waals surface area contributed by atoms with Crippen molar-refractivity contribution < 1.29 is 0 Å². The fourth-order valence-electron chi connectivity index (χ4n) is 6.97. The smallest absolute Gasteiger partial charge is 0.144 e. The lowest BCUT2D eigenvalue weighted by atomic mass is 10.1. The number of benzene rings is 1. The quantitative estimate of drug-likeness (QED) is 0.211. The molecule has 0 amide bonds.